The third kappa shape index (κ3) is 3.82. The van der Waals surface area contributed by atoms with Gasteiger partial charge in [0.05, 0.1) is 17.7 Å². The molecule has 5 aliphatic rings. The number of benzene rings is 2. The molecule has 8 heteroatoms. The van der Waals surface area contributed by atoms with Gasteiger partial charge in [0, 0.05) is 18.5 Å². The molecule has 2 aromatic rings. The number of amides is 2. The third-order valence-electron chi connectivity index (χ3n) is 8.54. The molecule has 5 fully saturated rings. The van der Waals surface area contributed by atoms with Crippen molar-refractivity contribution in [2.24, 2.45) is 17.8 Å². The van der Waals surface area contributed by atoms with Crippen LogP contribution in [0.1, 0.15) is 56.9 Å². The second-order valence-corrected chi connectivity index (χ2v) is 12.5. The molecule has 1 aliphatic heterocycles. The van der Waals surface area contributed by atoms with Crippen LogP contribution in [0.15, 0.2) is 47.4 Å². The lowest BCUT2D eigenvalue weighted by molar-refractivity contribution is -0.121. The lowest BCUT2D eigenvalue weighted by Crippen LogP contribution is -2.48. The van der Waals surface area contributed by atoms with E-state index in [4.69, 9.17) is 4.74 Å². The largest absolute Gasteiger partial charge is 0.495 e. The van der Waals surface area contributed by atoms with Crippen molar-refractivity contribution in [3.63, 3.8) is 0 Å². The molecule has 7 rings (SSSR count). The summed E-state index contributed by atoms with van der Waals surface area (Å²) in [7, 11) is -2.52. The van der Waals surface area contributed by atoms with Gasteiger partial charge in [0.25, 0.3) is 10.0 Å². The molecule has 1 saturated heterocycles. The van der Waals surface area contributed by atoms with Gasteiger partial charge in [0.2, 0.25) is 11.8 Å². The Morgan fingerprint density at radius 2 is 1.46 bits per heavy atom. The Kier molecular flexibility index (Phi) is 5.22. The zero-order valence-electron chi connectivity index (χ0n) is 19.8. The second kappa shape index (κ2) is 8.08. The van der Waals surface area contributed by atoms with Gasteiger partial charge < -0.3 is 4.74 Å². The van der Waals surface area contributed by atoms with Gasteiger partial charge in [-0.1, -0.05) is 12.1 Å². The molecule has 184 valence electrons. The molecule has 4 saturated carbocycles. The summed E-state index contributed by atoms with van der Waals surface area (Å²) in [4.78, 5) is 25.5. The molecule has 2 amide bonds. The van der Waals surface area contributed by atoms with E-state index in [1.807, 2.05) is 12.1 Å². The van der Waals surface area contributed by atoms with Crippen LogP contribution in [0.5, 0.6) is 5.75 Å². The molecule has 2 aromatic carbocycles. The molecule has 7 nitrogen and oxygen atoms in total. The number of nitrogens with zero attached hydrogens (tertiary/aromatic N) is 1. The fraction of sp³-hybridized carbons (Fsp3) is 0.481. The van der Waals surface area contributed by atoms with Crippen LogP contribution in [0, 0.1) is 17.8 Å². The molecule has 4 bridgehead atoms. The second-order valence-electron chi connectivity index (χ2n) is 10.8. The molecule has 0 atom stereocenters. The smallest absolute Gasteiger partial charge is 0.261 e. The highest BCUT2D eigenvalue weighted by Crippen LogP contribution is 2.60. The van der Waals surface area contributed by atoms with Crippen molar-refractivity contribution in [3.05, 3.63) is 48.0 Å². The maximum absolute atomic E-state index is 13.2. The van der Waals surface area contributed by atoms with E-state index >= 15 is 0 Å². The van der Waals surface area contributed by atoms with E-state index in [2.05, 4.69) is 16.9 Å². The lowest BCUT2D eigenvalue weighted by atomic mass is 9.48. The summed E-state index contributed by atoms with van der Waals surface area (Å²) in [5.41, 5.74) is 2.23. The number of methoxy groups -OCH3 is 1. The van der Waals surface area contributed by atoms with Crippen molar-refractivity contribution in [2.75, 3.05) is 16.7 Å². The van der Waals surface area contributed by atoms with Crippen molar-refractivity contribution < 1.29 is 22.7 Å². The molecule has 0 spiro atoms. The maximum atomic E-state index is 13.2. The Morgan fingerprint density at radius 1 is 0.886 bits per heavy atom. The van der Waals surface area contributed by atoms with Crippen LogP contribution in [-0.4, -0.2) is 27.3 Å². The monoisotopic (exact) mass is 494 g/mol. The predicted octanol–water partition coefficient (Wildman–Crippen LogP) is 4.62. The number of hydrogen-bond donors (Lipinski definition) is 1. The van der Waals surface area contributed by atoms with E-state index in [1.165, 1.54) is 69.4 Å². The van der Waals surface area contributed by atoms with Crippen LogP contribution >= 0.6 is 0 Å². The zero-order valence-corrected chi connectivity index (χ0v) is 20.6. The fourth-order valence-electron chi connectivity index (χ4n) is 7.43. The third-order valence-corrected chi connectivity index (χ3v) is 9.92. The highest BCUT2D eigenvalue weighted by Gasteiger charge is 2.51. The zero-order chi connectivity index (χ0) is 24.4. The Balaban J connectivity index is 1.25. The molecule has 0 aromatic heterocycles. The van der Waals surface area contributed by atoms with E-state index in [-0.39, 0.29) is 46.4 Å². The van der Waals surface area contributed by atoms with Crippen LogP contribution in [0.2, 0.25) is 0 Å². The van der Waals surface area contributed by atoms with Crippen molar-refractivity contribution in [3.8, 4) is 5.75 Å². The minimum absolute atomic E-state index is 0.0361. The summed E-state index contributed by atoms with van der Waals surface area (Å²) in [6.07, 6.45) is 8.13. The van der Waals surface area contributed by atoms with Crippen LogP contribution in [0.4, 0.5) is 11.4 Å². The number of imide groups is 1. The summed E-state index contributed by atoms with van der Waals surface area (Å²) >= 11 is 0. The molecule has 0 unspecified atom stereocenters. The Morgan fingerprint density at radius 3 is 2.00 bits per heavy atom. The highest BCUT2D eigenvalue weighted by atomic mass is 32.2. The standard InChI is InChI=1S/C27H30N2O5S/c1-34-24-7-6-22(13-23(24)29-25(30)8-9-26(29)31)35(32,33)28-21-4-2-20(3-5-21)27-14-17-10-18(15-27)12-19(11-17)16-27/h2-7,13,17-19,28H,8-12,14-16H2,1H3. The summed E-state index contributed by atoms with van der Waals surface area (Å²) in [6, 6.07) is 12.1. The summed E-state index contributed by atoms with van der Waals surface area (Å²) in [5, 5.41) is 0. The fourth-order valence-corrected chi connectivity index (χ4v) is 8.51. The average molecular weight is 495 g/mol. The highest BCUT2D eigenvalue weighted by molar-refractivity contribution is 7.92. The van der Waals surface area contributed by atoms with Crippen LogP contribution in [0.3, 0.4) is 0 Å². The molecule has 1 heterocycles. The normalized spacial score (nSPS) is 29.6. The number of nitrogens with one attached hydrogen (secondary N) is 1. The van der Waals surface area contributed by atoms with Gasteiger partial charge in [-0.15, -0.1) is 0 Å². The number of ether oxygens (including phenoxy) is 1. The van der Waals surface area contributed by atoms with Crippen LogP contribution in [0.25, 0.3) is 0 Å². The predicted molar refractivity (Wildman–Crippen MR) is 132 cm³/mol. The van der Waals surface area contributed by atoms with Crippen molar-refractivity contribution in [1.82, 2.24) is 0 Å². The van der Waals surface area contributed by atoms with Crippen LogP contribution < -0.4 is 14.4 Å². The topological polar surface area (TPSA) is 92.8 Å². The number of hydrogen-bond acceptors (Lipinski definition) is 5. The molecule has 35 heavy (non-hydrogen) atoms. The SMILES string of the molecule is COc1ccc(S(=O)(=O)Nc2ccc(C34CC5CC(CC(C5)C3)C4)cc2)cc1N1C(=O)CCC1=O. The van der Waals surface area contributed by atoms with Gasteiger partial charge in [-0.05, 0) is 97.6 Å². The van der Waals surface area contributed by atoms with E-state index in [0.29, 0.717) is 5.69 Å². The van der Waals surface area contributed by atoms with Crippen molar-refractivity contribution >= 4 is 33.2 Å². The van der Waals surface area contributed by atoms with E-state index < -0.39 is 10.0 Å². The molecule has 4 aliphatic carbocycles. The lowest BCUT2D eigenvalue weighted by Gasteiger charge is -2.57. The quantitative estimate of drug-likeness (QED) is 0.592. The Hall–Kier alpha value is -2.87. The minimum Gasteiger partial charge on any atom is -0.495 e. The van der Waals surface area contributed by atoms with Gasteiger partial charge >= 0.3 is 0 Å². The first-order valence-electron chi connectivity index (χ1n) is 12.4. The van der Waals surface area contributed by atoms with E-state index in [9.17, 15) is 18.0 Å². The molecule has 0 radical (unpaired) electrons. The van der Waals surface area contributed by atoms with Gasteiger partial charge in [0.1, 0.15) is 5.75 Å². The summed E-state index contributed by atoms with van der Waals surface area (Å²) < 4.78 is 34.3. The Labute approximate surface area is 205 Å². The number of sulfonamides is 1. The maximum Gasteiger partial charge on any atom is 0.261 e. The van der Waals surface area contributed by atoms with E-state index in [1.54, 1.807) is 0 Å². The number of anilines is 2. The van der Waals surface area contributed by atoms with Gasteiger partial charge in [-0.2, -0.15) is 0 Å². The van der Waals surface area contributed by atoms with Crippen LogP contribution in [-0.2, 0) is 25.0 Å². The minimum atomic E-state index is -3.94. The molecule has 1 N–H and O–H groups in total. The summed E-state index contributed by atoms with van der Waals surface area (Å²) in [6.45, 7) is 0. The van der Waals surface area contributed by atoms with Crippen molar-refractivity contribution in [2.45, 2.75) is 61.7 Å². The van der Waals surface area contributed by atoms with Crippen molar-refractivity contribution in [1.29, 1.82) is 0 Å². The van der Waals surface area contributed by atoms with Gasteiger partial charge in [-0.25, -0.2) is 13.3 Å². The number of carbonyl (C=O) groups excluding carboxylic acids is 2. The first-order chi connectivity index (χ1) is 16.8. The van der Waals surface area contributed by atoms with E-state index in [0.717, 1.165) is 22.7 Å². The molecular weight excluding hydrogens is 464 g/mol. The average Bonchev–Trinajstić information content (AvgIpc) is 3.15. The van der Waals surface area contributed by atoms with Gasteiger partial charge in [-0.3, -0.25) is 14.3 Å². The van der Waals surface area contributed by atoms with Gasteiger partial charge in [0.15, 0.2) is 0 Å². The first-order valence-corrected chi connectivity index (χ1v) is 13.9. The summed E-state index contributed by atoms with van der Waals surface area (Å²) in [5.74, 6) is 2.08. The number of rotatable bonds is 6. The first kappa shape index (κ1) is 22.6. The Bertz CT molecular complexity index is 1250. The number of carbonyl (C=O) groups is 2. The molecular formula is C27H30N2O5S.